The summed E-state index contributed by atoms with van der Waals surface area (Å²) in [5.41, 5.74) is 2.51. The number of aryl methyl sites for hydroxylation is 1. The van der Waals surface area contributed by atoms with Gasteiger partial charge in [0, 0.05) is 19.5 Å². The lowest BCUT2D eigenvalue weighted by atomic mass is 9.89. The highest BCUT2D eigenvalue weighted by molar-refractivity contribution is 6.39. The summed E-state index contributed by atoms with van der Waals surface area (Å²) in [4.78, 5) is 17.7. The number of carbonyl (C=O) groups is 1. The van der Waals surface area contributed by atoms with E-state index >= 15 is 0 Å². The Labute approximate surface area is 124 Å². The third-order valence-electron chi connectivity index (χ3n) is 4.11. The molecule has 3 rings (SSSR count). The molecule has 0 unspecified atom stereocenters. The summed E-state index contributed by atoms with van der Waals surface area (Å²) in [6, 6.07) is 8.13. The number of carbonyl (C=O) groups excluding carboxylic acids is 1. The van der Waals surface area contributed by atoms with Gasteiger partial charge in [0.2, 0.25) is 0 Å². The van der Waals surface area contributed by atoms with Gasteiger partial charge in [-0.1, -0.05) is 35.0 Å². The molecule has 2 aliphatic heterocycles. The molecule has 1 fully saturated rings. The summed E-state index contributed by atoms with van der Waals surface area (Å²) in [5, 5.41) is 10.2. The summed E-state index contributed by atoms with van der Waals surface area (Å²) < 4.78 is 0. The van der Waals surface area contributed by atoms with Crippen LogP contribution in [-0.4, -0.2) is 30.3 Å². The molecule has 1 spiro atoms. The monoisotopic (exact) mass is 287 g/mol. The smallest absolute Gasteiger partial charge is 0.269 e. The minimum atomic E-state index is -0.297. The zero-order chi connectivity index (χ0) is 14.7. The van der Waals surface area contributed by atoms with Gasteiger partial charge in [0.05, 0.1) is 0 Å². The largest absolute Gasteiger partial charge is 0.387 e. The van der Waals surface area contributed by atoms with Gasteiger partial charge in [0.1, 0.15) is 5.71 Å². The first-order valence-corrected chi connectivity index (χ1v) is 7.46. The zero-order valence-electron chi connectivity index (χ0n) is 12.3. The van der Waals surface area contributed by atoms with Gasteiger partial charge in [-0.3, -0.25) is 4.79 Å². The van der Waals surface area contributed by atoms with Gasteiger partial charge in [0.25, 0.3) is 5.91 Å². The lowest BCUT2D eigenvalue weighted by molar-refractivity contribution is -0.115. The van der Waals surface area contributed by atoms with Gasteiger partial charge in [-0.25, -0.2) is 0 Å². The van der Waals surface area contributed by atoms with Crippen molar-refractivity contribution >= 4 is 11.6 Å². The summed E-state index contributed by atoms with van der Waals surface area (Å²) in [7, 11) is 0. The van der Waals surface area contributed by atoms with Crippen molar-refractivity contribution in [1.82, 2.24) is 10.6 Å². The molecule has 112 valence electrons. The first kappa shape index (κ1) is 14.1. The maximum Gasteiger partial charge on any atom is 0.269 e. The second-order valence-electron chi connectivity index (χ2n) is 5.94. The van der Waals surface area contributed by atoms with Crippen LogP contribution in [0.1, 0.15) is 30.4 Å². The lowest BCUT2D eigenvalue weighted by Crippen LogP contribution is -2.46. The molecule has 2 N–H and O–H groups in total. The topological polar surface area (TPSA) is 62.7 Å². The maximum absolute atomic E-state index is 12.2. The Hall–Kier alpha value is -1.88. The molecule has 0 aromatic heterocycles. The standard InChI is InChI=1S/C16H21N3O2/c1-12-3-5-13(6-4-12)10-18-15(20)14-9-16(21-19-14)7-2-8-17-11-16/h3-6,17H,2,7-11H2,1H3,(H,18,20)/t16-/m0/s1. The average molecular weight is 287 g/mol. The number of hydrogen-bond acceptors (Lipinski definition) is 4. The molecule has 0 bridgehead atoms. The number of nitrogens with zero attached hydrogens (tertiary/aromatic N) is 1. The van der Waals surface area contributed by atoms with E-state index in [2.05, 4.69) is 15.8 Å². The first-order chi connectivity index (χ1) is 10.2. The Kier molecular flexibility index (Phi) is 3.92. The molecule has 1 atom stereocenters. The van der Waals surface area contributed by atoms with E-state index in [-0.39, 0.29) is 11.5 Å². The lowest BCUT2D eigenvalue weighted by Gasteiger charge is -2.30. The van der Waals surface area contributed by atoms with Crippen molar-refractivity contribution in [2.24, 2.45) is 5.16 Å². The van der Waals surface area contributed by atoms with Crippen LogP contribution in [0, 0.1) is 6.92 Å². The van der Waals surface area contributed by atoms with Crippen molar-refractivity contribution in [3.63, 3.8) is 0 Å². The predicted molar refractivity (Wildman–Crippen MR) is 81.0 cm³/mol. The van der Waals surface area contributed by atoms with E-state index in [4.69, 9.17) is 4.84 Å². The number of rotatable bonds is 3. The fraction of sp³-hybridized carbons (Fsp3) is 0.500. The maximum atomic E-state index is 12.2. The highest BCUT2D eigenvalue weighted by Gasteiger charge is 2.42. The molecule has 5 nitrogen and oxygen atoms in total. The van der Waals surface area contributed by atoms with Crippen molar-refractivity contribution in [2.45, 2.75) is 38.3 Å². The number of nitrogens with one attached hydrogen (secondary N) is 2. The normalized spacial score (nSPS) is 24.5. The predicted octanol–water partition coefficient (Wildman–Crippen LogP) is 1.51. The molecule has 5 heteroatoms. The molecule has 0 saturated carbocycles. The molecule has 2 heterocycles. The molecule has 1 saturated heterocycles. The third-order valence-corrected chi connectivity index (χ3v) is 4.11. The van der Waals surface area contributed by atoms with E-state index in [1.165, 1.54) is 5.56 Å². The van der Waals surface area contributed by atoms with Gasteiger partial charge < -0.3 is 15.5 Å². The van der Waals surface area contributed by atoms with Crippen LogP contribution in [0.15, 0.2) is 29.4 Å². The molecular weight excluding hydrogens is 266 g/mol. The minimum Gasteiger partial charge on any atom is -0.387 e. The molecule has 21 heavy (non-hydrogen) atoms. The van der Waals surface area contributed by atoms with Crippen molar-refractivity contribution in [2.75, 3.05) is 13.1 Å². The molecule has 0 aliphatic carbocycles. The third kappa shape index (κ3) is 3.24. The van der Waals surface area contributed by atoms with E-state index in [9.17, 15) is 4.79 Å². The Balaban J connectivity index is 1.53. The van der Waals surface area contributed by atoms with Crippen LogP contribution in [0.4, 0.5) is 0 Å². The van der Waals surface area contributed by atoms with Crippen molar-refractivity contribution < 1.29 is 9.63 Å². The van der Waals surface area contributed by atoms with Gasteiger partial charge in [-0.15, -0.1) is 0 Å². The SMILES string of the molecule is Cc1ccc(CNC(=O)C2=NO[C@@]3(CCCNC3)C2)cc1. The molecule has 0 radical (unpaired) electrons. The van der Waals surface area contributed by atoms with Crippen LogP contribution in [0.5, 0.6) is 0 Å². The van der Waals surface area contributed by atoms with E-state index in [0.29, 0.717) is 18.7 Å². The molecule has 1 aromatic rings. The number of hydrogen-bond donors (Lipinski definition) is 2. The van der Waals surface area contributed by atoms with E-state index in [0.717, 1.165) is 31.5 Å². The first-order valence-electron chi connectivity index (χ1n) is 7.46. The van der Waals surface area contributed by atoms with Gasteiger partial charge >= 0.3 is 0 Å². The average Bonchev–Trinajstić information content (AvgIpc) is 2.91. The van der Waals surface area contributed by atoms with Crippen LogP contribution < -0.4 is 10.6 Å². The molecule has 1 amide bonds. The minimum absolute atomic E-state index is 0.127. The summed E-state index contributed by atoms with van der Waals surface area (Å²) in [6.07, 6.45) is 2.62. The Morgan fingerprint density at radius 1 is 1.43 bits per heavy atom. The summed E-state index contributed by atoms with van der Waals surface area (Å²) >= 11 is 0. The highest BCUT2D eigenvalue weighted by atomic mass is 16.7. The highest BCUT2D eigenvalue weighted by Crippen LogP contribution is 2.30. The molecule has 1 aromatic carbocycles. The number of piperidine rings is 1. The van der Waals surface area contributed by atoms with E-state index < -0.39 is 0 Å². The molecular formula is C16H21N3O2. The Morgan fingerprint density at radius 2 is 2.24 bits per heavy atom. The van der Waals surface area contributed by atoms with Gasteiger partial charge in [0.15, 0.2) is 5.60 Å². The van der Waals surface area contributed by atoms with E-state index in [1.807, 2.05) is 31.2 Å². The van der Waals surface area contributed by atoms with Crippen molar-refractivity contribution in [1.29, 1.82) is 0 Å². The van der Waals surface area contributed by atoms with Crippen LogP contribution in [0.3, 0.4) is 0 Å². The zero-order valence-corrected chi connectivity index (χ0v) is 12.3. The van der Waals surface area contributed by atoms with Crippen LogP contribution in [0.25, 0.3) is 0 Å². The summed E-state index contributed by atoms with van der Waals surface area (Å²) in [5.74, 6) is -0.127. The van der Waals surface area contributed by atoms with E-state index in [1.54, 1.807) is 0 Å². The number of oxime groups is 1. The second-order valence-corrected chi connectivity index (χ2v) is 5.94. The van der Waals surface area contributed by atoms with Gasteiger partial charge in [-0.05, 0) is 31.9 Å². The fourth-order valence-corrected chi connectivity index (χ4v) is 2.80. The number of benzene rings is 1. The quantitative estimate of drug-likeness (QED) is 0.886. The van der Waals surface area contributed by atoms with Gasteiger partial charge in [-0.2, -0.15) is 0 Å². The van der Waals surface area contributed by atoms with Crippen molar-refractivity contribution in [3.05, 3.63) is 35.4 Å². The Bertz CT molecular complexity index is 545. The van der Waals surface area contributed by atoms with Crippen LogP contribution in [0.2, 0.25) is 0 Å². The molecule has 2 aliphatic rings. The van der Waals surface area contributed by atoms with Crippen molar-refractivity contribution in [3.8, 4) is 0 Å². The summed E-state index contributed by atoms with van der Waals surface area (Å²) in [6.45, 7) is 4.35. The van der Waals surface area contributed by atoms with Crippen LogP contribution in [-0.2, 0) is 16.2 Å². The second kappa shape index (κ2) is 5.85. The van der Waals surface area contributed by atoms with Crippen LogP contribution >= 0.6 is 0 Å². The number of amides is 1. The Morgan fingerprint density at radius 3 is 2.95 bits per heavy atom. The fourth-order valence-electron chi connectivity index (χ4n) is 2.80.